The number of rotatable bonds is 8. The smallest absolute Gasteiger partial charge is 0.305 e. The van der Waals surface area contributed by atoms with Crippen molar-refractivity contribution in [1.29, 1.82) is 0 Å². The van der Waals surface area contributed by atoms with E-state index in [1.807, 2.05) is 6.92 Å². The lowest BCUT2D eigenvalue weighted by Crippen LogP contribution is -2.31. The fourth-order valence-corrected chi connectivity index (χ4v) is 6.67. The van der Waals surface area contributed by atoms with Crippen LogP contribution in [0.25, 0.3) is 0 Å². The normalized spacial score (nSPS) is 36.8. The van der Waals surface area contributed by atoms with Gasteiger partial charge in [-0.2, -0.15) is 0 Å². The first-order chi connectivity index (χ1) is 13.7. The molecule has 0 heterocycles. The Kier molecular flexibility index (Phi) is 9.18. The van der Waals surface area contributed by atoms with Gasteiger partial charge in [0.15, 0.2) is 0 Å². The van der Waals surface area contributed by atoms with E-state index in [4.69, 9.17) is 4.74 Å². The predicted octanol–water partition coefficient (Wildman–Crippen LogP) is 7.69. The van der Waals surface area contributed by atoms with Crippen LogP contribution in [0.4, 0.5) is 0 Å². The third-order valence-electron chi connectivity index (χ3n) is 8.56. The van der Waals surface area contributed by atoms with Crippen LogP contribution in [0.1, 0.15) is 123 Å². The summed E-state index contributed by atoms with van der Waals surface area (Å²) in [5.41, 5.74) is 0. The summed E-state index contributed by atoms with van der Waals surface area (Å²) in [7, 11) is 0. The SMILES string of the molecule is CCCCCC1CCC(C2CCC(C3CCC(OC(=O)CC)CC3)CC2)CC1. The first kappa shape index (κ1) is 22.2. The van der Waals surface area contributed by atoms with Gasteiger partial charge in [-0.25, -0.2) is 0 Å². The Morgan fingerprint density at radius 3 is 1.61 bits per heavy atom. The van der Waals surface area contributed by atoms with Gasteiger partial charge in [0, 0.05) is 6.42 Å². The van der Waals surface area contributed by atoms with Crippen molar-refractivity contribution in [2.75, 3.05) is 0 Å². The molecule has 3 aliphatic rings. The molecule has 0 aromatic heterocycles. The highest BCUT2D eigenvalue weighted by atomic mass is 16.5. The van der Waals surface area contributed by atoms with Crippen LogP contribution in [0.5, 0.6) is 0 Å². The molecule has 0 N–H and O–H groups in total. The zero-order valence-corrected chi connectivity index (χ0v) is 18.8. The largest absolute Gasteiger partial charge is 0.462 e. The van der Waals surface area contributed by atoms with Crippen LogP contribution in [0, 0.1) is 29.6 Å². The Morgan fingerprint density at radius 1 is 0.679 bits per heavy atom. The van der Waals surface area contributed by atoms with Gasteiger partial charge < -0.3 is 4.74 Å². The molecule has 0 atom stereocenters. The molecule has 3 fully saturated rings. The summed E-state index contributed by atoms with van der Waals surface area (Å²) >= 11 is 0. The van der Waals surface area contributed by atoms with E-state index in [1.54, 1.807) is 0 Å². The van der Waals surface area contributed by atoms with Gasteiger partial charge in [-0.1, -0.05) is 52.4 Å². The highest BCUT2D eigenvalue weighted by molar-refractivity contribution is 5.69. The van der Waals surface area contributed by atoms with E-state index in [1.165, 1.54) is 89.9 Å². The quantitative estimate of drug-likeness (QED) is 0.313. The Hall–Kier alpha value is -0.530. The summed E-state index contributed by atoms with van der Waals surface area (Å²) in [6, 6.07) is 0. The second kappa shape index (κ2) is 11.6. The molecule has 28 heavy (non-hydrogen) atoms. The highest BCUT2D eigenvalue weighted by Crippen LogP contribution is 2.46. The molecule has 0 spiro atoms. The summed E-state index contributed by atoms with van der Waals surface area (Å²) in [4.78, 5) is 11.5. The van der Waals surface area contributed by atoms with Gasteiger partial charge in [-0.05, 0) is 93.8 Å². The van der Waals surface area contributed by atoms with E-state index < -0.39 is 0 Å². The number of carbonyl (C=O) groups excluding carboxylic acids is 1. The first-order valence-electron chi connectivity index (χ1n) is 12.9. The van der Waals surface area contributed by atoms with Crippen molar-refractivity contribution in [3.8, 4) is 0 Å². The molecular formula is C26H46O2. The lowest BCUT2D eigenvalue weighted by molar-refractivity contribution is -0.150. The summed E-state index contributed by atoms with van der Waals surface area (Å²) in [5, 5.41) is 0. The zero-order chi connectivity index (χ0) is 19.8. The molecule has 0 amide bonds. The fourth-order valence-electron chi connectivity index (χ4n) is 6.67. The van der Waals surface area contributed by atoms with Gasteiger partial charge in [0.2, 0.25) is 0 Å². The molecular weight excluding hydrogens is 344 g/mol. The van der Waals surface area contributed by atoms with Crippen LogP contribution in [0.15, 0.2) is 0 Å². The van der Waals surface area contributed by atoms with Gasteiger partial charge in [0.25, 0.3) is 0 Å². The molecule has 3 rings (SSSR count). The average Bonchev–Trinajstić information content (AvgIpc) is 2.75. The van der Waals surface area contributed by atoms with Gasteiger partial charge >= 0.3 is 5.97 Å². The molecule has 0 aromatic rings. The molecule has 0 aromatic carbocycles. The summed E-state index contributed by atoms with van der Waals surface area (Å²) in [5.74, 6) is 5.00. The van der Waals surface area contributed by atoms with Crippen molar-refractivity contribution in [2.24, 2.45) is 29.6 Å². The minimum absolute atomic E-state index is 0.0101. The summed E-state index contributed by atoms with van der Waals surface area (Å²) in [6.07, 6.45) is 23.4. The molecule has 0 unspecified atom stereocenters. The van der Waals surface area contributed by atoms with Crippen LogP contribution < -0.4 is 0 Å². The number of ether oxygens (including phenoxy) is 1. The molecule has 0 aliphatic heterocycles. The second-order valence-electron chi connectivity index (χ2n) is 10.3. The summed E-state index contributed by atoms with van der Waals surface area (Å²) in [6.45, 7) is 4.21. The molecule has 2 heteroatoms. The minimum atomic E-state index is -0.0101. The maximum atomic E-state index is 11.5. The molecule has 3 aliphatic carbocycles. The van der Waals surface area contributed by atoms with E-state index in [2.05, 4.69) is 6.92 Å². The van der Waals surface area contributed by atoms with Crippen molar-refractivity contribution in [1.82, 2.24) is 0 Å². The predicted molar refractivity (Wildman–Crippen MR) is 117 cm³/mol. The number of hydrogen-bond acceptors (Lipinski definition) is 2. The van der Waals surface area contributed by atoms with Crippen LogP contribution in [-0.2, 0) is 9.53 Å². The monoisotopic (exact) mass is 390 g/mol. The van der Waals surface area contributed by atoms with E-state index in [0.29, 0.717) is 6.42 Å². The molecule has 162 valence electrons. The zero-order valence-electron chi connectivity index (χ0n) is 18.8. The lowest BCUT2D eigenvalue weighted by Gasteiger charge is -2.41. The topological polar surface area (TPSA) is 26.3 Å². The van der Waals surface area contributed by atoms with Gasteiger partial charge in [-0.15, -0.1) is 0 Å². The Balaban J connectivity index is 1.32. The van der Waals surface area contributed by atoms with Crippen LogP contribution in [-0.4, -0.2) is 12.1 Å². The molecule has 0 saturated heterocycles. The fraction of sp³-hybridized carbons (Fsp3) is 0.962. The number of carbonyl (C=O) groups is 1. The van der Waals surface area contributed by atoms with Crippen molar-refractivity contribution in [3.63, 3.8) is 0 Å². The average molecular weight is 391 g/mol. The second-order valence-corrected chi connectivity index (χ2v) is 10.3. The Labute approximate surface area is 174 Å². The maximum Gasteiger partial charge on any atom is 0.305 e. The molecule has 0 radical (unpaired) electrons. The minimum Gasteiger partial charge on any atom is -0.462 e. The van der Waals surface area contributed by atoms with E-state index >= 15 is 0 Å². The third-order valence-corrected chi connectivity index (χ3v) is 8.56. The van der Waals surface area contributed by atoms with E-state index in [9.17, 15) is 4.79 Å². The Morgan fingerprint density at radius 2 is 1.14 bits per heavy atom. The van der Waals surface area contributed by atoms with Crippen LogP contribution >= 0.6 is 0 Å². The molecule has 3 saturated carbocycles. The van der Waals surface area contributed by atoms with Crippen molar-refractivity contribution in [2.45, 2.75) is 129 Å². The number of esters is 1. The van der Waals surface area contributed by atoms with Gasteiger partial charge in [0.1, 0.15) is 6.10 Å². The standard InChI is InChI=1S/C26H46O2/c1-3-5-6-7-20-8-10-21(11-9-20)22-12-14-23(15-13-22)24-16-18-25(19-17-24)28-26(27)4-2/h20-25H,3-19H2,1-2H3. The third kappa shape index (κ3) is 6.49. The Bertz CT molecular complexity index is 435. The highest BCUT2D eigenvalue weighted by Gasteiger charge is 2.35. The van der Waals surface area contributed by atoms with Crippen molar-refractivity contribution < 1.29 is 9.53 Å². The number of hydrogen-bond donors (Lipinski definition) is 0. The number of unbranched alkanes of at least 4 members (excludes halogenated alkanes) is 2. The van der Waals surface area contributed by atoms with E-state index in [0.717, 1.165) is 42.4 Å². The van der Waals surface area contributed by atoms with Crippen molar-refractivity contribution >= 4 is 5.97 Å². The maximum absolute atomic E-state index is 11.5. The first-order valence-corrected chi connectivity index (χ1v) is 12.9. The van der Waals surface area contributed by atoms with E-state index in [-0.39, 0.29) is 12.1 Å². The van der Waals surface area contributed by atoms with Crippen LogP contribution in [0.2, 0.25) is 0 Å². The van der Waals surface area contributed by atoms with Gasteiger partial charge in [0.05, 0.1) is 0 Å². The summed E-state index contributed by atoms with van der Waals surface area (Å²) < 4.78 is 5.57. The lowest BCUT2D eigenvalue weighted by atomic mass is 9.65. The van der Waals surface area contributed by atoms with Gasteiger partial charge in [-0.3, -0.25) is 4.79 Å². The van der Waals surface area contributed by atoms with Crippen LogP contribution in [0.3, 0.4) is 0 Å². The van der Waals surface area contributed by atoms with Crippen molar-refractivity contribution in [3.05, 3.63) is 0 Å². The molecule has 0 bridgehead atoms. The molecule has 2 nitrogen and oxygen atoms in total.